The largest absolute Gasteiger partial charge is 0.504 e. The maximum atomic E-state index is 13.0. The first kappa shape index (κ1) is 18.0. The number of carbonyl (C=O) groups excluding carboxylic acids is 1. The van der Waals surface area contributed by atoms with Crippen LogP contribution in [-0.2, 0) is 17.9 Å². The van der Waals surface area contributed by atoms with E-state index in [1.807, 2.05) is 37.4 Å². The summed E-state index contributed by atoms with van der Waals surface area (Å²) in [6, 6.07) is 9.25. The molecular formula is C21H22N4O3. The monoisotopic (exact) mass is 378 g/mol. The number of nitrogens with zero attached hydrogens (tertiary/aromatic N) is 4. The molecule has 0 fully saturated rings. The summed E-state index contributed by atoms with van der Waals surface area (Å²) in [5.74, 6) is 0.354. The Labute approximate surface area is 163 Å². The van der Waals surface area contributed by atoms with Crippen molar-refractivity contribution in [3.63, 3.8) is 0 Å². The first-order chi connectivity index (χ1) is 13.6. The molecule has 144 valence electrons. The predicted octanol–water partition coefficient (Wildman–Crippen LogP) is 2.71. The van der Waals surface area contributed by atoms with Gasteiger partial charge in [0.25, 0.3) is 0 Å². The van der Waals surface area contributed by atoms with Crippen LogP contribution in [0.4, 0.5) is 0 Å². The normalized spacial score (nSPS) is 14.7. The number of aromatic hydroxyl groups is 1. The van der Waals surface area contributed by atoms with Crippen molar-refractivity contribution in [3.8, 4) is 22.6 Å². The summed E-state index contributed by atoms with van der Waals surface area (Å²) in [6.07, 6.45) is 7.00. The Bertz CT molecular complexity index is 957. The highest BCUT2D eigenvalue weighted by atomic mass is 16.5. The van der Waals surface area contributed by atoms with Gasteiger partial charge < -0.3 is 14.7 Å². The zero-order chi connectivity index (χ0) is 19.5. The van der Waals surface area contributed by atoms with Gasteiger partial charge >= 0.3 is 0 Å². The van der Waals surface area contributed by atoms with Gasteiger partial charge in [0.2, 0.25) is 5.91 Å². The molecule has 28 heavy (non-hydrogen) atoms. The Hall–Kier alpha value is -3.35. The number of hydrogen-bond acceptors (Lipinski definition) is 5. The van der Waals surface area contributed by atoms with Crippen LogP contribution in [0.25, 0.3) is 11.1 Å². The summed E-state index contributed by atoms with van der Waals surface area (Å²) >= 11 is 0. The molecule has 0 spiro atoms. The van der Waals surface area contributed by atoms with Crippen LogP contribution < -0.4 is 4.74 Å². The molecule has 1 N–H and O–H groups in total. The molecule has 1 aliphatic rings. The zero-order valence-corrected chi connectivity index (χ0v) is 15.7. The molecule has 1 aromatic carbocycles. The maximum absolute atomic E-state index is 13.0. The van der Waals surface area contributed by atoms with E-state index in [2.05, 4.69) is 10.1 Å². The van der Waals surface area contributed by atoms with Crippen molar-refractivity contribution < 1.29 is 14.6 Å². The third kappa shape index (κ3) is 3.69. The number of phenolic OH excluding ortho intramolecular Hbond substituents is 1. The predicted molar refractivity (Wildman–Crippen MR) is 104 cm³/mol. The summed E-state index contributed by atoms with van der Waals surface area (Å²) in [5, 5.41) is 14.6. The Balaban J connectivity index is 1.58. The van der Waals surface area contributed by atoms with Crippen molar-refractivity contribution in [3.05, 3.63) is 60.7 Å². The molecule has 4 rings (SSSR count). The zero-order valence-electron chi connectivity index (χ0n) is 15.7. The molecule has 0 aliphatic carbocycles. The molecule has 7 heteroatoms. The minimum absolute atomic E-state index is 0.0400. The van der Waals surface area contributed by atoms with Crippen LogP contribution in [0.5, 0.6) is 11.5 Å². The molecular weight excluding hydrogens is 356 g/mol. The fourth-order valence-electron chi connectivity index (χ4n) is 3.47. The number of aromatic nitrogens is 3. The molecule has 7 nitrogen and oxygen atoms in total. The highest BCUT2D eigenvalue weighted by Crippen LogP contribution is 2.37. The van der Waals surface area contributed by atoms with Crippen molar-refractivity contribution >= 4 is 5.91 Å². The van der Waals surface area contributed by atoms with Crippen LogP contribution in [0.15, 0.2) is 55.1 Å². The van der Waals surface area contributed by atoms with Crippen LogP contribution in [0.2, 0.25) is 0 Å². The number of fused-ring (bicyclic) bond motifs is 1. The minimum atomic E-state index is -0.212. The average molecular weight is 378 g/mol. The van der Waals surface area contributed by atoms with Gasteiger partial charge in [0, 0.05) is 42.5 Å². The summed E-state index contributed by atoms with van der Waals surface area (Å²) in [4.78, 5) is 18.9. The van der Waals surface area contributed by atoms with Crippen molar-refractivity contribution in [2.45, 2.75) is 20.0 Å². The topological polar surface area (TPSA) is 80.5 Å². The standard InChI is InChI=1S/C21H22N4O3/c1-15(13-25-7-3-6-23-25)21(27)24-8-9-28-20-18(14-24)10-17(11-19(20)26)16-4-2-5-22-12-16/h2-7,10-12,15,26H,8-9,13-14H2,1H3/t15-/m1/s1. The van der Waals surface area contributed by atoms with E-state index in [9.17, 15) is 9.90 Å². The van der Waals surface area contributed by atoms with E-state index in [0.29, 0.717) is 32.0 Å². The number of pyridine rings is 1. The highest BCUT2D eigenvalue weighted by molar-refractivity contribution is 5.79. The van der Waals surface area contributed by atoms with Crippen LogP contribution >= 0.6 is 0 Å². The Kier molecular flexibility index (Phi) is 4.97. The lowest BCUT2D eigenvalue weighted by atomic mass is 10.0. The lowest BCUT2D eigenvalue weighted by Crippen LogP contribution is -2.37. The van der Waals surface area contributed by atoms with Crippen LogP contribution in [-0.4, -0.2) is 43.8 Å². The third-order valence-electron chi connectivity index (χ3n) is 4.86. The molecule has 0 saturated carbocycles. The van der Waals surface area contributed by atoms with E-state index in [0.717, 1.165) is 16.7 Å². The SMILES string of the molecule is C[C@H](Cn1cccn1)C(=O)N1CCOc2c(O)cc(-c3cccnc3)cc2C1. The van der Waals surface area contributed by atoms with Gasteiger partial charge in [0.15, 0.2) is 11.5 Å². The summed E-state index contributed by atoms with van der Waals surface area (Å²) in [7, 11) is 0. The third-order valence-corrected chi connectivity index (χ3v) is 4.86. The highest BCUT2D eigenvalue weighted by Gasteiger charge is 2.26. The minimum Gasteiger partial charge on any atom is -0.504 e. The second-order valence-corrected chi connectivity index (χ2v) is 6.96. The van der Waals surface area contributed by atoms with Gasteiger partial charge in [-0.1, -0.05) is 13.0 Å². The van der Waals surface area contributed by atoms with Crippen molar-refractivity contribution in [2.24, 2.45) is 5.92 Å². The molecule has 2 aromatic heterocycles. The lowest BCUT2D eigenvalue weighted by Gasteiger charge is -2.24. The van der Waals surface area contributed by atoms with E-state index in [1.54, 1.807) is 34.2 Å². The number of amides is 1. The number of ether oxygens (including phenoxy) is 1. The molecule has 3 heterocycles. The molecule has 0 unspecified atom stereocenters. The van der Waals surface area contributed by atoms with Gasteiger partial charge in [-0.25, -0.2) is 0 Å². The number of hydrogen-bond donors (Lipinski definition) is 1. The first-order valence-electron chi connectivity index (χ1n) is 9.27. The van der Waals surface area contributed by atoms with Gasteiger partial charge in [-0.3, -0.25) is 14.5 Å². The first-order valence-corrected chi connectivity index (χ1v) is 9.27. The summed E-state index contributed by atoms with van der Waals surface area (Å²) in [5.41, 5.74) is 2.53. The fourth-order valence-corrected chi connectivity index (χ4v) is 3.47. The maximum Gasteiger partial charge on any atom is 0.227 e. The molecule has 0 bridgehead atoms. The van der Waals surface area contributed by atoms with Gasteiger partial charge in [-0.15, -0.1) is 0 Å². The second kappa shape index (κ2) is 7.72. The van der Waals surface area contributed by atoms with Gasteiger partial charge in [0.1, 0.15) is 6.61 Å². The quantitative estimate of drug-likeness (QED) is 0.755. The summed E-state index contributed by atoms with van der Waals surface area (Å²) in [6.45, 7) is 3.63. The van der Waals surface area contributed by atoms with E-state index < -0.39 is 0 Å². The Morgan fingerprint density at radius 3 is 2.93 bits per heavy atom. The lowest BCUT2D eigenvalue weighted by molar-refractivity contribution is -0.136. The number of carbonyl (C=O) groups is 1. The molecule has 1 aliphatic heterocycles. The van der Waals surface area contributed by atoms with E-state index in [4.69, 9.17) is 4.74 Å². The second-order valence-electron chi connectivity index (χ2n) is 6.96. The van der Waals surface area contributed by atoms with Crippen LogP contribution in [0.1, 0.15) is 12.5 Å². The van der Waals surface area contributed by atoms with E-state index >= 15 is 0 Å². The van der Waals surface area contributed by atoms with Crippen molar-refractivity contribution in [1.29, 1.82) is 0 Å². The van der Waals surface area contributed by atoms with Crippen LogP contribution in [0, 0.1) is 5.92 Å². The molecule has 1 amide bonds. The van der Waals surface area contributed by atoms with Crippen molar-refractivity contribution in [2.75, 3.05) is 13.2 Å². The van der Waals surface area contributed by atoms with E-state index in [-0.39, 0.29) is 17.6 Å². The summed E-state index contributed by atoms with van der Waals surface area (Å²) < 4.78 is 7.52. The smallest absolute Gasteiger partial charge is 0.227 e. The van der Waals surface area contributed by atoms with Gasteiger partial charge in [-0.05, 0) is 29.8 Å². The van der Waals surface area contributed by atoms with E-state index in [1.165, 1.54) is 0 Å². The Morgan fingerprint density at radius 1 is 1.29 bits per heavy atom. The number of phenols is 1. The van der Waals surface area contributed by atoms with Gasteiger partial charge in [0.05, 0.1) is 19.0 Å². The van der Waals surface area contributed by atoms with Crippen LogP contribution in [0.3, 0.4) is 0 Å². The molecule has 0 radical (unpaired) electrons. The number of benzene rings is 1. The Morgan fingerprint density at radius 2 is 2.18 bits per heavy atom. The van der Waals surface area contributed by atoms with Gasteiger partial charge in [-0.2, -0.15) is 5.10 Å². The fraction of sp³-hybridized carbons (Fsp3) is 0.286. The number of rotatable bonds is 4. The molecule has 3 aromatic rings. The average Bonchev–Trinajstić information content (AvgIpc) is 3.11. The van der Waals surface area contributed by atoms with Crippen molar-refractivity contribution in [1.82, 2.24) is 19.7 Å². The molecule has 1 atom stereocenters. The molecule has 0 saturated heterocycles.